The number of aliphatic hydroxyl groups excluding tert-OH is 1. The van der Waals surface area contributed by atoms with Gasteiger partial charge in [-0.2, -0.15) is 0 Å². The smallest absolute Gasteiger partial charge is 0.332 e. The van der Waals surface area contributed by atoms with Gasteiger partial charge in [0.1, 0.15) is 5.82 Å². The maximum absolute atomic E-state index is 14.4. The number of nitrogens with one attached hydrogen (secondary N) is 1. The van der Waals surface area contributed by atoms with Crippen LogP contribution in [0.4, 0.5) is 10.1 Å². The zero-order valence-electron chi connectivity index (χ0n) is 12.5. The molecule has 2 N–H and O–H groups in total. The van der Waals surface area contributed by atoms with Gasteiger partial charge in [-0.15, -0.1) is 0 Å². The first-order valence-electron chi connectivity index (χ1n) is 7.56. The largest absolute Gasteiger partial charge is 0.396 e. The van der Waals surface area contributed by atoms with E-state index >= 15 is 0 Å². The number of halogens is 1. The summed E-state index contributed by atoms with van der Waals surface area (Å²) < 4.78 is 15.6. The van der Waals surface area contributed by atoms with Crippen LogP contribution in [0.2, 0.25) is 0 Å². The Morgan fingerprint density at radius 2 is 1.96 bits per heavy atom. The van der Waals surface area contributed by atoms with Gasteiger partial charge in [0.05, 0.1) is 11.4 Å². The molecule has 0 spiro atoms. The van der Waals surface area contributed by atoms with Gasteiger partial charge < -0.3 is 10.0 Å². The second-order valence-corrected chi connectivity index (χ2v) is 5.73. The molecule has 6 nitrogen and oxygen atoms in total. The Morgan fingerprint density at radius 3 is 2.57 bits per heavy atom. The number of nitrogens with zero attached hydrogens (tertiary/aromatic N) is 2. The van der Waals surface area contributed by atoms with Gasteiger partial charge in [0.2, 0.25) is 0 Å². The van der Waals surface area contributed by atoms with Crippen LogP contribution < -0.4 is 16.1 Å². The first kappa shape index (κ1) is 15.5. The first-order valence-corrected chi connectivity index (χ1v) is 7.56. The Hall–Kier alpha value is -2.41. The normalized spacial score (nSPS) is 15.8. The highest BCUT2D eigenvalue weighted by Crippen LogP contribution is 2.26. The molecule has 23 heavy (non-hydrogen) atoms. The zero-order chi connectivity index (χ0) is 16.4. The molecule has 0 unspecified atom stereocenters. The van der Waals surface area contributed by atoms with Crippen molar-refractivity contribution in [3.05, 3.63) is 57.1 Å². The summed E-state index contributed by atoms with van der Waals surface area (Å²) in [6.45, 7) is 1.56. The molecule has 1 aliphatic rings. The number of aromatic nitrogens is 2. The number of anilines is 1. The van der Waals surface area contributed by atoms with Gasteiger partial charge in [0.25, 0.3) is 5.56 Å². The molecule has 1 aliphatic heterocycles. The maximum atomic E-state index is 14.4. The van der Waals surface area contributed by atoms with Crippen molar-refractivity contribution in [2.45, 2.75) is 12.8 Å². The molecule has 0 radical (unpaired) electrons. The number of rotatable bonds is 3. The summed E-state index contributed by atoms with van der Waals surface area (Å²) in [6.07, 6.45) is 2.98. The SMILES string of the molecule is O=c1ccn(-c2ccc(N3CCC(CO)CC3)c(F)c2)c(=O)[nH]1. The van der Waals surface area contributed by atoms with Gasteiger partial charge in [0, 0.05) is 38.0 Å². The lowest BCUT2D eigenvalue weighted by Gasteiger charge is -2.33. The van der Waals surface area contributed by atoms with E-state index in [1.165, 1.54) is 22.9 Å². The van der Waals surface area contributed by atoms with Crippen molar-refractivity contribution >= 4 is 5.69 Å². The van der Waals surface area contributed by atoms with Gasteiger partial charge in [-0.25, -0.2) is 9.18 Å². The van der Waals surface area contributed by atoms with Crippen LogP contribution in [0.5, 0.6) is 0 Å². The van der Waals surface area contributed by atoms with Crippen molar-refractivity contribution in [1.82, 2.24) is 9.55 Å². The predicted molar refractivity (Wildman–Crippen MR) is 84.6 cm³/mol. The second-order valence-electron chi connectivity index (χ2n) is 5.73. The van der Waals surface area contributed by atoms with E-state index in [0.717, 1.165) is 12.8 Å². The van der Waals surface area contributed by atoms with Crippen molar-refractivity contribution in [3.63, 3.8) is 0 Å². The van der Waals surface area contributed by atoms with E-state index < -0.39 is 17.1 Å². The highest BCUT2D eigenvalue weighted by Gasteiger charge is 2.21. The lowest BCUT2D eigenvalue weighted by atomic mass is 9.97. The highest BCUT2D eigenvalue weighted by molar-refractivity contribution is 5.52. The Morgan fingerprint density at radius 1 is 1.22 bits per heavy atom. The Balaban J connectivity index is 1.86. The van der Waals surface area contributed by atoms with Crippen molar-refractivity contribution in [2.24, 2.45) is 5.92 Å². The Bertz CT molecular complexity index is 807. The van der Waals surface area contributed by atoms with E-state index in [-0.39, 0.29) is 12.5 Å². The van der Waals surface area contributed by atoms with Gasteiger partial charge in [0.15, 0.2) is 0 Å². The van der Waals surface area contributed by atoms with Crippen LogP contribution >= 0.6 is 0 Å². The van der Waals surface area contributed by atoms with E-state index in [0.29, 0.717) is 24.5 Å². The fourth-order valence-corrected chi connectivity index (χ4v) is 2.88. The van der Waals surface area contributed by atoms with Crippen molar-refractivity contribution in [1.29, 1.82) is 0 Å². The molecular formula is C16H18FN3O3. The molecule has 1 aromatic heterocycles. The lowest BCUT2D eigenvalue weighted by Crippen LogP contribution is -2.35. The van der Waals surface area contributed by atoms with Crippen molar-refractivity contribution < 1.29 is 9.50 Å². The average molecular weight is 319 g/mol. The number of hydrogen-bond donors (Lipinski definition) is 2. The second kappa shape index (κ2) is 6.37. The van der Waals surface area contributed by atoms with Crippen LogP contribution in [0.25, 0.3) is 5.69 Å². The number of aromatic amines is 1. The molecule has 0 bridgehead atoms. The Kier molecular flexibility index (Phi) is 4.29. The molecule has 7 heteroatoms. The van der Waals surface area contributed by atoms with Gasteiger partial charge >= 0.3 is 5.69 Å². The minimum atomic E-state index is -0.603. The molecule has 0 amide bonds. The van der Waals surface area contributed by atoms with E-state index in [9.17, 15) is 14.0 Å². The molecule has 1 fully saturated rings. The first-order chi connectivity index (χ1) is 11.1. The minimum absolute atomic E-state index is 0.171. The Labute approximate surface area is 131 Å². The summed E-state index contributed by atoms with van der Waals surface area (Å²) in [5.41, 5.74) is -0.246. The van der Waals surface area contributed by atoms with Crippen molar-refractivity contribution in [2.75, 3.05) is 24.6 Å². The molecule has 0 aliphatic carbocycles. The van der Waals surface area contributed by atoms with E-state index in [2.05, 4.69) is 4.98 Å². The fraction of sp³-hybridized carbons (Fsp3) is 0.375. The van der Waals surface area contributed by atoms with Crippen LogP contribution in [-0.4, -0.2) is 34.4 Å². The quantitative estimate of drug-likeness (QED) is 0.880. The number of benzene rings is 1. The summed E-state index contributed by atoms with van der Waals surface area (Å²) in [4.78, 5) is 26.9. The molecule has 0 atom stereocenters. The maximum Gasteiger partial charge on any atom is 0.332 e. The highest BCUT2D eigenvalue weighted by atomic mass is 19.1. The number of aliphatic hydroxyl groups is 1. The van der Waals surface area contributed by atoms with E-state index in [1.807, 2.05) is 4.90 Å². The standard InChI is InChI=1S/C16H18FN3O3/c17-13-9-12(20-8-5-15(22)18-16(20)23)1-2-14(13)19-6-3-11(10-21)4-7-19/h1-2,5,8-9,11,21H,3-4,6-7,10H2,(H,18,22,23). The van der Waals surface area contributed by atoms with Crippen LogP contribution in [-0.2, 0) is 0 Å². The minimum Gasteiger partial charge on any atom is -0.396 e. The molecule has 1 saturated heterocycles. The monoisotopic (exact) mass is 319 g/mol. The number of hydrogen-bond acceptors (Lipinski definition) is 4. The molecule has 2 heterocycles. The van der Waals surface area contributed by atoms with Crippen LogP contribution in [0.1, 0.15) is 12.8 Å². The summed E-state index contributed by atoms with van der Waals surface area (Å²) in [7, 11) is 0. The third-order valence-corrected chi connectivity index (χ3v) is 4.25. The van der Waals surface area contributed by atoms with Crippen LogP contribution in [0.15, 0.2) is 40.1 Å². The summed E-state index contributed by atoms with van der Waals surface area (Å²) in [5, 5.41) is 9.16. The number of piperidine rings is 1. The topological polar surface area (TPSA) is 78.3 Å². The summed E-state index contributed by atoms with van der Waals surface area (Å²) >= 11 is 0. The molecule has 0 saturated carbocycles. The van der Waals surface area contributed by atoms with Crippen LogP contribution in [0, 0.1) is 11.7 Å². The lowest BCUT2D eigenvalue weighted by molar-refractivity contribution is 0.203. The van der Waals surface area contributed by atoms with Crippen LogP contribution in [0.3, 0.4) is 0 Å². The van der Waals surface area contributed by atoms with Crippen molar-refractivity contribution in [3.8, 4) is 5.69 Å². The molecule has 122 valence electrons. The van der Waals surface area contributed by atoms with Gasteiger partial charge in [-0.05, 0) is 30.9 Å². The van der Waals surface area contributed by atoms with E-state index in [4.69, 9.17) is 5.11 Å². The van der Waals surface area contributed by atoms with Gasteiger partial charge in [-0.3, -0.25) is 14.3 Å². The molecule has 3 rings (SSSR count). The number of H-pyrrole nitrogens is 1. The average Bonchev–Trinajstić information content (AvgIpc) is 2.55. The zero-order valence-corrected chi connectivity index (χ0v) is 12.5. The van der Waals surface area contributed by atoms with E-state index in [1.54, 1.807) is 12.1 Å². The summed E-state index contributed by atoms with van der Waals surface area (Å²) in [6, 6.07) is 5.79. The third kappa shape index (κ3) is 3.19. The predicted octanol–water partition coefficient (Wildman–Crippen LogP) is 0.874. The molecular weight excluding hydrogens is 301 g/mol. The van der Waals surface area contributed by atoms with Gasteiger partial charge in [-0.1, -0.05) is 0 Å². The third-order valence-electron chi connectivity index (χ3n) is 4.25. The molecule has 1 aromatic carbocycles. The summed E-state index contributed by atoms with van der Waals surface area (Å²) in [5.74, 6) is -0.128. The fourth-order valence-electron chi connectivity index (χ4n) is 2.88. The molecule has 2 aromatic rings.